The average molecular weight is 433 g/mol. The van der Waals surface area contributed by atoms with Crippen LogP contribution in [-0.4, -0.2) is 43.6 Å². The Labute approximate surface area is 168 Å². The average Bonchev–Trinajstić information content (AvgIpc) is 3.06. The van der Waals surface area contributed by atoms with Crippen LogP contribution in [0, 0.1) is 0 Å². The summed E-state index contributed by atoms with van der Waals surface area (Å²) in [5.41, 5.74) is 5.76. The molecule has 0 amide bonds. The third kappa shape index (κ3) is 6.48. The summed E-state index contributed by atoms with van der Waals surface area (Å²) in [5, 5.41) is 7.39. The van der Waals surface area contributed by atoms with Crippen molar-refractivity contribution in [2.45, 2.75) is 63.9 Å². The van der Waals surface area contributed by atoms with E-state index in [1.165, 1.54) is 0 Å². The molecule has 29 heavy (non-hydrogen) atoms. The SMILES string of the molecule is C[Si](C)(C)CCOCn1ncc(N2CCC[C@H]2CCN=[N+]=[N-])c(C(F)(F)F)c1=O. The van der Waals surface area contributed by atoms with E-state index in [0.717, 1.165) is 16.9 Å². The molecule has 1 atom stereocenters. The number of aromatic nitrogens is 2. The van der Waals surface area contributed by atoms with Crippen LogP contribution in [0.4, 0.5) is 18.9 Å². The minimum Gasteiger partial charge on any atom is -0.367 e. The first-order chi connectivity index (χ1) is 13.5. The zero-order valence-corrected chi connectivity index (χ0v) is 17.9. The second-order valence-electron chi connectivity index (χ2n) is 8.29. The van der Waals surface area contributed by atoms with Crippen molar-refractivity contribution >= 4 is 13.8 Å². The van der Waals surface area contributed by atoms with E-state index in [-0.39, 0.29) is 25.0 Å². The van der Waals surface area contributed by atoms with E-state index in [0.29, 0.717) is 32.4 Å². The third-order valence-corrected chi connectivity index (χ3v) is 6.53. The van der Waals surface area contributed by atoms with Crippen LogP contribution < -0.4 is 10.5 Å². The summed E-state index contributed by atoms with van der Waals surface area (Å²) in [5.74, 6) is 0. The zero-order valence-electron chi connectivity index (χ0n) is 16.9. The number of hydrogen-bond donors (Lipinski definition) is 0. The molecule has 0 radical (unpaired) electrons. The Bertz CT molecular complexity index is 802. The van der Waals surface area contributed by atoms with Gasteiger partial charge in [0.2, 0.25) is 0 Å². The second-order valence-corrected chi connectivity index (χ2v) is 13.9. The van der Waals surface area contributed by atoms with Crippen LogP contribution in [0.15, 0.2) is 16.1 Å². The molecule has 12 heteroatoms. The summed E-state index contributed by atoms with van der Waals surface area (Å²) < 4.78 is 47.4. The van der Waals surface area contributed by atoms with Gasteiger partial charge in [-0.1, -0.05) is 24.8 Å². The van der Waals surface area contributed by atoms with E-state index in [9.17, 15) is 18.0 Å². The summed E-state index contributed by atoms with van der Waals surface area (Å²) in [6.45, 7) is 7.12. The lowest BCUT2D eigenvalue weighted by Gasteiger charge is -2.28. The highest BCUT2D eigenvalue weighted by Gasteiger charge is 2.41. The lowest BCUT2D eigenvalue weighted by Crippen LogP contribution is -2.38. The molecule has 8 nitrogen and oxygen atoms in total. The smallest absolute Gasteiger partial charge is 0.367 e. The Morgan fingerprint density at radius 1 is 1.41 bits per heavy atom. The highest BCUT2D eigenvalue weighted by molar-refractivity contribution is 6.76. The van der Waals surface area contributed by atoms with Crippen LogP contribution in [0.5, 0.6) is 0 Å². The van der Waals surface area contributed by atoms with Crippen molar-refractivity contribution in [3.63, 3.8) is 0 Å². The molecular weight excluding hydrogens is 405 g/mol. The fourth-order valence-electron chi connectivity index (χ4n) is 3.29. The van der Waals surface area contributed by atoms with E-state index < -0.39 is 25.4 Å². The van der Waals surface area contributed by atoms with Gasteiger partial charge in [0, 0.05) is 38.7 Å². The molecule has 1 fully saturated rings. The van der Waals surface area contributed by atoms with E-state index in [2.05, 4.69) is 34.8 Å². The molecule has 1 aliphatic rings. The molecule has 0 bridgehead atoms. The first-order valence-corrected chi connectivity index (χ1v) is 13.3. The van der Waals surface area contributed by atoms with Crippen molar-refractivity contribution in [1.82, 2.24) is 9.78 Å². The van der Waals surface area contributed by atoms with Crippen LogP contribution in [0.3, 0.4) is 0 Å². The molecule has 0 saturated carbocycles. The molecular formula is C17H27F3N6O2Si. The Morgan fingerprint density at radius 3 is 2.76 bits per heavy atom. The summed E-state index contributed by atoms with van der Waals surface area (Å²) in [4.78, 5) is 16.8. The highest BCUT2D eigenvalue weighted by Crippen LogP contribution is 2.37. The molecule has 0 unspecified atom stereocenters. The fourth-order valence-corrected chi connectivity index (χ4v) is 4.05. The van der Waals surface area contributed by atoms with Gasteiger partial charge in [-0.3, -0.25) is 4.79 Å². The number of halogens is 3. The van der Waals surface area contributed by atoms with E-state index >= 15 is 0 Å². The van der Waals surface area contributed by atoms with Gasteiger partial charge in [-0.25, -0.2) is 4.68 Å². The summed E-state index contributed by atoms with van der Waals surface area (Å²) >= 11 is 0. The normalized spacial score (nSPS) is 17.4. The number of anilines is 1. The number of ether oxygens (including phenoxy) is 1. The van der Waals surface area contributed by atoms with Gasteiger partial charge in [-0.2, -0.15) is 18.3 Å². The number of hydrogen-bond acceptors (Lipinski definition) is 5. The summed E-state index contributed by atoms with van der Waals surface area (Å²) in [6.07, 6.45) is -1.93. The van der Waals surface area contributed by atoms with Crippen LogP contribution in [-0.2, 0) is 17.6 Å². The molecule has 2 rings (SSSR count). The number of azide groups is 1. The lowest BCUT2D eigenvalue weighted by molar-refractivity contribution is -0.138. The van der Waals surface area contributed by atoms with Gasteiger partial charge in [-0.15, -0.1) is 0 Å². The first kappa shape index (κ1) is 23.2. The molecule has 1 aromatic heterocycles. The van der Waals surface area contributed by atoms with Crippen LogP contribution in [0.1, 0.15) is 24.8 Å². The second kappa shape index (κ2) is 9.64. The maximum Gasteiger partial charge on any atom is 0.423 e. The number of alkyl halides is 3. The Hall–Kier alpha value is -2.04. The quantitative estimate of drug-likeness (QED) is 0.192. The number of nitrogens with zero attached hydrogens (tertiary/aromatic N) is 6. The van der Waals surface area contributed by atoms with E-state index in [1.807, 2.05) is 0 Å². The van der Waals surface area contributed by atoms with Crippen molar-refractivity contribution in [3.05, 3.63) is 32.6 Å². The van der Waals surface area contributed by atoms with Crippen molar-refractivity contribution in [2.75, 3.05) is 24.6 Å². The predicted octanol–water partition coefficient (Wildman–Crippen LogP) is 4.24. The molecule has 1 aliphatic heterocycles. The Balaban J connectivity index is 2.26. The largest absolute Gasteiger partial charge is 0.423 e. The van der Waals surface area contributed by atoms with Gasteiger partial charge in [0.1, 0.15) is 12.3 Å². The molecule has 0 aromatic carbocycles. The Morgan fingerprint density at radius 2 is 2.14 bits per heavy atom. The first-order valence-electron chi connectivity index (χ1n) is 9.57. The monoisotopic (exact) mass is 432 g/mol. The molecule has 1 saturated heterocycles. The van der Waals surface area contributed by atoms with Crippen LogP contribution >= 0.6 is 0 Å². The van der Waals surface area contributed by atoms with E-state index in [4.69, 9.17) is 10.3 Å². The molecule has 1 aromatic rings. The molecule has 0 spiro atoms. The van der Waals surface area contributed by atoms with Crippen molar-refractivity contribution in [1.29, 1.82) is 0 Å². The van der Waals surface area contributed by atoms with Crippen molar-refractivity contribution in [3.8, 4) is 0 Å². The van der Waals surface area contributed by atoms with Gasteiger partial charge in [-0.05, 0) is 30.8 Å². The fraction of sp³-hybridized carbons (Fsp3) is 0.765. The van der Waals surface area contributed by atoms with Gasteiger partial charge < -0.3 is 9.64 Å². The molecule has 0 N–H and O–H groups in total. The molecule has 162 valence electrons. The van der Waals surface area contributed by atoms with Gasteiger partial charge in [0.05, 0.1) is 11.9 Å². The van der Waals surface area contributed by atoms with Gasteiger partial charge >= 0.3 is 6.18 Å². The lowest BCUT2D eigenvalue weighted by atomic mass is 10.1. The maximum atomic E-state index is 13.8. The Kier molecular flexibility index (Phi) is 7.72. The summed E-state index contributed by atoms with van der Waals surface area (Å²) in [6, 6.07) is 0.610. The van der Waals surface area contributed by atoms with Gasteiger partial charge in [0.25, 0.3) is 5.56 Å². The van der Waals surface area contributed by atoms with Gasteiger partial charge in [0.15, 0.2) is 0 Å². The van der Waals surface area contributed by atoms with Crippen molar-refractivity contribution in [2.24, 2.45) is 5.11 Å². The minimum absolute atomic E-state index is 0.189. The predicted molar refractivity (Wildman–Crippen MR) is 107 cm³/mol. The topological polar surface area (TPSA) is 96.1 Å². The van der Waals surface area contributed by atoms with E-state index in [1.54, 1.807) is 4.90 Å². The minimum atomic E-state index is -4.81. The molecule has 0 aliphatic carbocycles. The molecule has 2 heterocycles. The maximum absolute atomic E-state index is 13.8. The number of rotatable bonds is 9. The third-order valence-electron chi connectivity index (χ3n) is 4.83. The highest BCUT2D eigenvalue weighted by atomic mass is 28.3. The standard InChI is InChI=1S/C17H27F3N6O2Si/c1-29(2,3)10-9-28-12-26-16(27)15(17(18,19)20)14(11-23-26)25-8-4-5-13(25)6-7-22-24-21/h11,13H,4-10,12H2,1-3H3/t13-/m0/s1. The van der Waals surface area contributed by atoms with Crippen molar-refractivity contribution < 1.29 is 17.9 Å². The van der Waals surface area contributed by atoms with Crippen LogP contribution in [0.2, 0.25) is 25.7 Å². The summed E-state index contributed by atoms with van der Waals surface area (Å²) in [7, 11) is -1.35. The van der Waals surface area contributed by atoms with Crippen LogP contribution in [0.25, 0.3) is 10.4 Å². The zero-order chi connectivity index (χ0) is 21.7.